The molecule has 0 saturated carbocycles. The van der Waals surface area contributed by atoms with E-state index in [1.807, 2.05) is 26.0 Å². The molecule has 0 saturated heterocycles. The third-order valence-corrected chi connectivity index (χ3v) is 5.77. The maximum Gasteiger partial charge on any atom is 0.306 e. The van der Waals surface area contributed by atoms with Gasteiger partial charge in [0.05, 0.1) is 6.10 Å². The maximum absolute atomic E-state index is 11.9. The van der Waals surface area contributed by atoms with Gasteiger partial charge in [0.2, 0.25) is 0 Å². The molecule has 0 bridgehead atoms. The number of esters is 1. The Morgan fingerprint density at radius 1 is 0.714 bits per heavy atom. The minimum atomic E-state index is -1.08. The van der Waals surface area contributed by atoms with Crippen molar-refractivity contribution >= 4 is 11.8 Å². The van der Waals surface area contributed by atoms with Crippen molar-refractivity contribution in [2.24, 2.45) is 0 Å². The summed E-state index contributed by atoms with van der Waals surface area (Å²) < 4.78 is 5.10. The Hall–Kier alpha value is -2.46. The van der Waals surface area contributed by atoms with Crippen LogP contribution in [0.5, 0.6) is 0 Å². The number of hydrogen-bond acceptors (Lipinski definition) is 4. The smallest absolute Gasteiger partial charge is 0.306 e. The molecule has 0 radical (unpaired) electrons. The predicted molar refractivity (Wildman–Crippen MR) is 144 cm³/mol. The summed E-state index contributed by atoms with van der Waals surface area (Å²) in [6, 6.07) is 17.7. The van der Waals surface area contributed by atoms with Gasteiger partial charge in [-0.15, -0.1) is 0 Å². The average Bonchev–Trinajstić information content (AvgIpc) is 2.87. The molecule has 0 heterocycles. The first-order chi connectivity index (χ1) is 17.0. The van der Waals surface area contributed by atoms with E-state index in [1.54, 1.807) is 48.5 Å². The first-order valence-electron chi connectivity index (χ1n) is 13.5. The zero-order valence-electron chi connectivity index (χ0n) is 22.1. The van der Waals surface area contributed by atoms with E-state index in [0.29, 0.717) is 17.5 Å². The van der Waals surface area contributed by atoms with E-state index in [2.05, 4.69) is 6.92 Å². The fourth-order valence-electron chi connectivity index (χ4n) is 3.80. The molecule has 0 aliphatic heterocycles. The number of rotatable bonds is 16. The van der Waals surface area contributed by atoms with E-state index < -0.39 is 6.10 Å². The summed E-state index contributed by atoms with van der Waals surface area (Å²) >= 11 is 0. The number of hydrogen-bond donors (Lipinski definition) is 1. The summed E-state index contributed by atoms with van der Waals surface area (Å²) in [7, 11) is 0. The number of aliphatic hydroxyl groups is 1. The quantitative estimate of drug-likeness (QED) is 0.149. The van der Waals surface area contributed by atoms with Crippen LogP contribution in [0.25, 0.3) is 0 Å². The summed E-state index contributed by atoms with van der Waals surface area (Å²) in [5.41, 5.74) is 1.15. The minimum Gasteiger partial charge on any atom is -0.463 e. The SMILES string of the molecule is CCCCCCCCCCCCCC(=O)OC(C)C.O=C(c1ccccc1)C(O)c1ccccc1. The van der Waals surface area contributed by atoms with Crippen LogP contribution in [0.3, 0.4) is 0 Å². The van der Waals surface area contributed by atoms with E-state index in [4.69, 9.17) is 4.74 Å². The van der Waals surface area contributed by atoms with Crippen LogP contribution in [0, 0.1) is 0 Å². The lowest BCUT2D eigenvalue weighted by atomic mass is 10.0. The van der Waals surface area contributed by atoms with Crippen molar-refractivity contribution < 1.29 is 19.4 Å². The lowest BCUT2D eigenvalue weighted by Crippen LogP contribution is -2.11. The zero-order chi connectivity index (χ0) is 25.7. The Bertz CT molecular complexity index is 786. The van der Waals surface area contributed by atoms with Gasteiger partial charge in [0.25, 0.3) is 0 Å². The van der Waals surface area contributed by atoms with Crippen LogP contribution >= 0.6 is 0 Å². The number of ether oxygens (including phenoxy) is 1. The molecule has 0 aliphatic rings. The van der Waals surface area contributed by atoms with E-state index >= 15 is 0 Å². The van der Waals surface area contributed by atoms with Crippen molar-refractivity contribution in [1.82, 2.24) is 0 Å². The summed E-state index contributed by atoms with van der Waals surface area (Å²) in [5, 5.41) is 9.89. The highest BCUT2D eigenvalue weighted by atomic mass is 16.5. The van der Waals surface area contributed by atoms with E-state index in [0.717, 1.165) is 6.42 Å². The van der Waals surface area contributed by atoms with Crippen molar-refractivity contribution in [3.8, 4) is 0 Å². The van der Waals surface area contributed by atoms with Crippen LogP contribution in [-0.4, -0.2) is 23.0 Å². The number of carbonyl (C=O) groups is 2. The molecular formula is C31H46O4. The fourth-order valence-corrected chi connectivity index (χ4v) is 3.80. The predicted octanol–water partition coefficient (Wildman–Crippen LogP) is 8.24. The molecule has 0 amide bonds. The van der Waals surface area contributed by atoms with Gasteiger partial charge in [0.1, 0.15) is 6.10 Å². The molecular weight excluding hydrogens is 436 g/mol. The molecule has 194 valence electrons. The van der Waals surface area contributed by atoms with Crippen LogP contribution in [-0.2, 0) is 9.53 Å². The van der Waals surface area contributed by atoms with Crippen LogP contribution < -0.4 is 0 Å². The number of carbonyl (C=O) groups excluding carboxylic acids is 2. The van der Waals surface area contributed by atoms with Crippen LogP contribution in [0.4, 0.5) is 0 Å². The van der Waals surface area contributed by atoms with Gasteiger partial charge in [-0.2, -0.15) is 0 Å². The van der Waals surface area contributed by atoms with Gasteiger partial charge in [0, 0.05) is 12.0 Å². The Kier molecular flexibility index (Phi) is 17.3. The second kappa shape index (κ2) is 19.8. The molecule has 4 heteroatoms. The molecule has 1 N–H and O–H groups in total. The van der Waals surface area contributed by atoms with Gasteiger partial charge < -0.3 is 9.84 Å². The highest BCUT2D eigenvalue weighted by molar-refractivity contribution is 5.99. The second-order valence-electron chi connectivity index (χ2n) is 9.37. The molecule has 4 nitrogen and oxygen atoms in total. The van der Waals surface area contributed by atoms with Crippen molar-refractivity contribution in [3.05, 3.63) is 71.8 Å². The average molecular weight is 483 g/mol. The van der Waals surface area contributed by atoms with Crippen molar-refractivity contribution in [2.75, 3.05) is 0 Å². The minimum absolute atomic E-state index is 0.0280. The topological polar surface area (TPSA) is 63.6 Å². The van der Waals surface area contributed by atoms with Crippen molar-refractivity contribution in [2.45, 2.75) is 110 Å². The van der Waals surface area contributed by atoms with E-state index in [-0.39, 0.29) is 17.9 Å². The standard InChI is InChI=1S/C17H34O2.C14H12O2/c1-4-5-6-7-8-9-10-11-12-13-14-15-17(18)19-16(2)3;15-13(11-7-3-1-4-8-11)14(16)12-9-5-2-6-10-12/h16H,4-15H2,1-3H3;1-10,13,15H. The Labute approximate surface area is 213 Å². The van der Waals surface area contributed by atoms with Gasteiger partial charge >= 0.3 is 5.97 Å². The van der Waals surface area contributed by atoms with Crippen LogP contribution in [0.1, 0.15) is 120 Å². The van der Waals surface area contributed by atoms with Crippen molar-refractivity contribution in [3.63, 3.8) is 0 Å². The van der Waals surface area contributed by atoms with Gasteiger partial charge in [-0.25, -0.2) is 0 Å². The molecule has 35 heavy (non-hydrogen) atoms. The summed E-state index contributed by atoms with van der Waals surface area (Å²) in [4.78, 5) is 23.2. The summed E-state index contributed by atoms with van der Waals surface area (Å²) in [5.74, 6) is -0.308. The molecule has 2 rings (SSSR count). The van der Waals surface area contributed by atoms with Gasteiger partial charge in [-0.1, -0.05) is 132 Å². The maximum atomic E-state index is 11.9. The lowest BCUT2D eigenvalue weighted by Gasteiger charge is -2.09. The number of benzene rings is 2. The normalized spacial score (nSPS) is 11.5. The Morgan fingerprint density at radius 2 is 1.17 bits per heavy atom. The molecule has 2 aromatic carbocycles. The molecule has 0 aromatic heterocycles. The Balaban J connectivity index is 0.000000353. The largest absolute Gasteiger partial charge is 0.463 e. The molecule has 2 aromatic rings. The highest BCUT2D eigenvalue weighted by Gasteiger charge is 2.18. The monoisotopic (exact) mass is 482 g/mol. The number of ketones is 1. The summed E-state index contributed by atoms with van der Waals surface area (Å²) in [6.07, 6.45) is 14.0. The molecule has 1 atom stereocenters. The number of Topliss-reactive ketones (excluding diaryl/α,β-unsaturated/α-hetero) is 1. The fraction of sp³-hybridized carbons (Fsp3) is 0.548. The van der Waals surface area contributed by atoms with E-state index in [1.165, 1.54) is 64.2 Å². The lowest BCUT2D eigenvalue weighted by molar-refractivity contribution is -0.147. The third-order valence-electron chi connectivity index (χ3n) is 5.77. The van der Waals surface area contributed by atoms with Gasteiger partial charge in [-0.05, 0) is 25.8 Å². The molecule has 0 spiro atoms. The first-order valence-corrected chi connectivity index (χ1v) is 13.5. The molecule has 1 unspecified atom stereocenters. The highest BCUT2D eigenvalue weighted by Crippen LogP contribution is 2.17. The van der Waals surface area contributed by atoms with Crippen LogP contribution in [0.2, 0.25) is 0 Å². The van der Waals surface area contributed by atoms with Crippen molar-refractivity contribution in [1.29, 1.82) is 0 Å². The Morgan fingerprint density at radius 3 is 1.66 bits per heavy atom. The molecule has 0 fully saturated rings. The molecule has 0 aliphatic carbocycles. The summed E-state index contributed by atoms with van der Waals surface area (Å²) in [6.45, 7) is 6.06. The van der Waals surface area contributed by atoms with E-state index in [9.17, 15) is 14.7 Å². The first kappa shape index (κ1) is 30.6. The second-order valence-corrected chi connectivity index (χ2v) is 9.37. The van der Waals surface area contributed by atoms with Gasteiger partial charge in [-0.3, -0.25) is 9.59 Å². The van der Waals surface area contributed by atoms with Crippen LogP contribution in [0.15, 0.2) is 60.7 Å². The zero-order valence-corrected chi connectivity index (χ0v) is 22.1. The van der Waals surface area contributed by atoms with Gasteiger partial charge in [0.15, 0.2) is 5.78 Å². The third kappa shape index (κ3) is 15.2. The number of unbranched alkanes of at least 4 members (excludes halogenated alkanes) is 10. The number of aliphatic hydroxyl groups excluding tert-OH is 1.